The van der Waals surface area contributed by atoms with Crippen LogP contribution in [0.4, 0.5) is 27.6 Å². The molecule has 1 aromatic carbocycles. The summed E-state index contributed by atoms with van der Waals surface area (Å²) in [6.07, 6.45) is -4.79. The zero-order chi connectivity index (χ0) is 21.4. The number of aryl methyl sites for hydroxylation is 1. The van der Waals surface area contributed by atoms with Crippen LogP contribution in [0.3, 0.4) is 0 Å². The number of halogens is 6. The van der Waals surface area contributed by atoms with E-state index >= 15 is 0 Å². The normalized spacial score (nSPS) is 13.4. The van der Waals surface area contributed by atoms with Gasteiger partial charge in [-0.15, -0.1) is 11.3 Å². The highest BCUT2D eigenvalue weighted by molar-refractivity contribution is 7.91. The first-order valence-electron chi connectivity index (χ1n) is 7.37. The molecule has 1 atom stereocenters. The lowest BCUT2D eigenvalue weighted by molar-refractivity contribution is -0.147. The summed E-state index contributed by atoms with van der Waals surface area (Å²) in [6, 6.07) is 0.179. The van der Waals surface area contributed by atoms with Gasteiger partial charge in [-0.05, 0) is 26.0 Å². The predicted octanol–water partition coefficient (Wildman–Crippen LogP) is 4.47. The van der Waals surface area contributed by atoms with Crippen molar-refractivity contribution in [1.29, 1.82) is 0 Å². The van der Waals surface area contributed by atoms with Crippen molar-refractivity contribution in [3.8, 4) is 0 Å². The maximum atomic E-state index is 13.4. The molecule has 28 heavy (non-hydrogen) atoms. The average molecular weight is 463 g/mol. The van der Waals surface area contributed by atoms with Gasteiger partial charge in [0.15, 0.2) is 11.6 Å². The van der Waals surface area contributed by atoms with E-state index in [1.807, 2.05) is 0 Å². The number of amides is 1. The summed E-state index contributed by atoms with van der Waals surface area (Å²) in [5.74, 6) is -3.48. The molecule has 2 N–H and O–H groups in total. The molecule has 1 heterocycles. The number of alkyl halides is 3. The number of anilines is 1. The quantitative estimate of drug-likeness (QED) is 0.508. The number of hydrogen-bond donors (Lipinski definition) is 2. The highest BCUT2D eigenvalue weighted by Crippen LogP contribution is 2.29. The van der Waals surface area contributed by atoms with Crippen LogP contribution in [0, 0.1) is 18.6 Å². The Morgan fingerprint density at radius 2 is 1.82 bits per heavy atom. The van der Waals surface area contributed by atoms with E-state index in [-0.39, 0.29) is 16.1 Å². The van der Waals surface area contributed by atoms with Gasteiger partial charge in [0, 0.05) is 16.6 Å². The van der Waals surface area contributed by atoms with Gasteiger partial charge in [-0.1, -0.05) is 11.6 Å². The number of benzene rings is 1. The van der Waals surface area contributed by atoms with Gasteiger partial charge in [-0.25, -0.2) is 17.2 Å². The van der Waals surface area contributed by atoms with Gasteiger partial charge in [0.2, 0.25) is 0 Å². The third kappa shape index (κ3) is 4.99. The Morgan fingerprint density at radius 3 is 2.36 bits per heavy atom. The fourth-order valence-corrected chi connectivity index (χ4v) is 4.89. The topological polar surface area (TPSA) is 75.3 Å². The Bertz CT molecular complexity index is 998. The van der Waals surface area contributed by atoms with E-state index in [1.165, 1.54) is 11.6 Å². The van der Waals surface area contributed by atoms with Crippen molar-refractivity contribution >= 4 is 44.6 Å². The summed E-state index contributed by atoms with van der Waals surface area (Å²) in [7, 11) is -4.53. The van der Waals surface area contributed by atoms with E-state index in [0.717, 1.165) is 12.1 Å². The van der Waals surface area contributed by atoms with Crippen LogP contribution in [0.1, 0.15) is 22.2 Å². The van der Waals surface area contributed by atoms with Gasteiger partial charge in [0.25, 0.3) is 15.9 Å². The molecular formula is C15H12ClF5N2O3S2. The Kier molecular flexibility index (Phi) is 6.38. The Hall–Kier alpha value is -1.76. The maximum absolute atomic E-state index is 13.4. The zero-order valence-corrected chi connectivity index (χ0v) is 16.5. The second-order valence-corrected chi connectivity index (χ2v) is 9.23. The summed E-state index contributed by atoms with van der Waals surface area (Å²) in [4.78, 5) is 12.5. The molecule has 0 bridgehead atoms. The first kappa shape index (κ1) is 22.5. The molecule has 0 fully saturated rings. The molecule has 0 spiro atoms. The van der Waals surface area contributed by atoms with Crippen molar-refractivity contribution in [2.75, 3.05) is 5.32 Å². The number of thiophene rings is 1. The molecule has 1 amide bonds. The molecule has 1 aromatic heterocycles. The number of sulfonamides is 1. The average Bonchev–Trinajstić information content (AvgIpc) is 2.94. The standard InChI is InChI=1S/C15H12ClF5N2O3S2/c1-6-9(14(24)22-8-3-10(16)13(18)11(17)4-8)5-12(27-6)28(25,26)23-7(2)15(19,20)21/h3-5,7,23H,1-2H3,(H,22,24)/t7-/m1/s1. The van der Waals surface area contributed by atoms with E-state index in [2.05, 4.69) is 5.32 Å². The fraction of sp³-hybridized carbons (Fsp3) is 0.267. The molecule has 0 saturated carbocycles. The summed E-state index contributed by atoms with van der Waals surface area (Å²) < 4.78 is 89.5. The Morgan fingerprint density at radius 1 is 1.21 bits per heavy atom. The number of nitrogens with one attached hydrogen (secondary N) is 2. The lowest BCUT2D eigenvalue weighted by Crippen LogP contribution is -2.42. The predicted molar refractivity (Wildman–Crippen MR) is 94.2 cm³/mol. The highest BCUT2D eigenvalue weighted by Gasteiger charge is 2.39. The first-order chi connectivity index (χ1) is 12.7. The van der Waals surface area contributed by atoms with Crippen LogP contribution in [0.15, 0.2) is 22.4 Å². The molecule has 0 saturated heterocycles. The van der Waals surface area contributed by atoms with Gasteiger partial charge in [-0.2, -0.15) is 17.9 Å². The van der Waals surface area contributed by atoms with E-state index in [9.17, 15) is 35.2 Å². The minimum absolute atomic E-state index is 0.161. The van der Waals surface area contributed by atoms with Gasteiger partial charge in [-0.3, -0.25) is 4.79 Å². The largest absolute Gasteiger partial charge is 0.404 e. The molecule has 2 rings (SSSR count). The maximum Gasteiger partial charge on any atom is 0.404 e. The second-order valence-electron chi connectivity index (χ2n) is 5.63. The molecule has 154 valence electrons. The smallest absolute Gasteiger partial charge is 0.322 e. The SMILES string of the molecule is Cc1sc(S(=O)(=O)N[C@H](C)C(F)(F)F)cc1C(=O)Nc1cc(F)c(F)c(Cl)c1. The molecule has 2 aromatic rings. The molecule has 0 aliphatic carbocycles. The summed E-state index contributed by atoms with van der Waals surface area (Å²) in [6.45, 7) is 2.02. The Balaban J connectivity index is 2.27. The molecule has 13 heteroatoms. The summed E-state index contributed by atoms with van der Waals surface area (Å²) in [5.41, 5.74) is -0.349. The molecule has 0 aliphatic rings. The van der Waals surface area contributed by atoms with Crippen LogP contribution in [-0.4, -0.2) is 26.5 Å². The summed E-state index contributed by atoms with van der Waals surface area (Å²) in [5, 5.41) is 1.64. The highest BCUT2D eigenvalue weighted by atomic mass is 35.5. The van der Waals surface area contributed by atoms with Crippen molar-refractivity contribution in [3.63, 3.8) is 0 Å². The number of rotatable bonds is 5. The van der Waals surface area contributed by atoms with E-state index in [4.69, 9.17) is 11.6 Å². The first-order valence-corrected chi connectivity index (χ1v) is 10.1. The molecule has 0 radical (unpaired) electrons. The zero-order valence-electron chi connectivity index (χ0n) is 14.1. The lowest BCUT2D eigenvalue weighted by atomic mass is 10.2. The van der Waals surface area contributed by atoms with Crippen molar-refractivity contribution in [2.45, 2.75) is 30.3 Å². The minimum Gasteiger partial charge on any atom is -0.322 e. The second kappa shape index (κ2) is 7.93. The number of carbonyl (C=O) groups excluding carboxylic acids is 1. The third-order valence-corrected chi connectivity index (χ3v) is 6.81. The van der Waals surface area contributed by atoms with Gasteiger partial charge in [0.1, 0.15) is 10.3 Å². The Labute approximate surface area is 165 Å². The van der Waals surface area contributed by atoms with Gasteiger partial charge >= 0.3 is 6.18 Å². The monoisotopic (exact) mass is 462 g/mol. The molecule has 0 unspecified atom stereocenters. The molecular weight excluding hydrogens is 451 g/mol. The van der Waals surface area contributed by atoms with Gasteiger partial charge in [0.05, 0.1) is 10.6 Å². The minimum atomic E-state index is -4.79. The number of carbonyl (C=O) groups is 1. The van der Waals surface area contributed by atoms with Crippen molar-refractivity contribution < 1.29 is 35.2 Å². The number of hydrogen-bond acceptors (Lipinski definition) is 4. The van der Waals surface area contributed by atoms with Crippen LogP contribution in [0.2, 0.25) is 5.02 Å². The lowest BCUT2D eigenvalue weighted by Gasteiger charge is -2.16. The van der Waals surface area contributed by atoms with Crippen LogP contribution < -0.4 is 10.0 Å². The van der Waals surface area contributed by atoms with E-state index in [1.54, 1.807) is 0 Å². The fourth-order valence-electron chi connectivity index (χ4n) is 2.00. The van der Waals surface area contributed by atoms with Crippen molar-refractivity contribution in [2.24, 2.45) is 0 Å². The van der Waals surface area contributed by atoms with Crippen LogP contribution >= 0.6 is 22.9 Å². The molecule has 0 aliphatic heterocycles. The van der Waals surface area contributed by atoms with E-state index in [0.29, 0.717) is 24.3 Å². The third-order valence-electron chi connectivity index (χ3n) is 3.47. The summed E-state index contributed by atoms with van der Waals surface area (Å²) >= 11 is 6.07. The van der Waals surface area contributed by atoms with Crippen LogP contribution in [0.25, 0.3) is 0 Å². The van der Waals surface area contributed by atoms with Gasteiger partial charge < -0.3 is 5.32 Å². The van der Waals surface area contributed by atoms with Crippen LogP contribution in [0.5, 0.6) is 0 Å². The van der Waals surface area contributed by atoms with Crippen molar-refractivity contribution in [1.82, 2.24) is 4.72 Å². The van der Waals surface area contributed by atoms with Crippen LogP contribution in [-0.2, 0) is 10.0 Å². The van der Waals surface area contributed by atoms with E-state index < -0.39 is 49.0 Å². The van der Waals surface area contributed by atoms with Crippen molar-refractivity contribution in [3.05, 3.63) is 45.3 Å². The molecule has 5 nitrogen and oxygen atoms in total.